The maximum atomic E-state index is 12.1. The fourth-order valence-electron chi connectivity index (χ4n) is 2.14. The normalized spacial score (nSPS) is 11.2. The molecule has 2 aromatic carbocycles. The second kappa shape index (κ2) is 6.55. The number of fused-ring (bicyclic) bond motifs is 1. The molecule has 0 unspecified atom stereocenters. The molecule has 7 heteroatoms. The minimum Gasteiger partial charge on any atom is -0.397 e. The minimum atomic E-state index is -0.317. The van der Waals surface area contributed by atoms with E-state index in [2.05, 4.69) is 47.4 Å². The first-order chi connectivity index (χ1) is 11.1. The number of rotatable bonds is 3. The number of nitrogens with one attached hydrogen (secondary N) is 2. The van der Waals surface area contributed by atoms with Crippen molar-refractivity contribution in [2.45, 2.75) is 0 Å². The van der Waals surface area contributed by atoms with Crippen molar-refractivity contribution in [3.63, 3.8) is 0 Å². The standard InChI is InChI=1S/C16H12Br2N4O/c17-12-5-9(6-13(18)15(12)19)16(23)22-21-8-10-7-20-14-4-2-1-3-11(10)14/h1-8,20H,19H2,(H,22,23)/b21-8+. The number of carbonyl (C=O) groups excluding carboxylic acids is 1. The zero-order valence-corrected chi connectivity index (χ0v) is 15.0. The minimum absolute atomic E-state index is 0.317. The fourth-order valence-corrected chi connectivity index (χ4v) is 3.33. The third-order valence-corrected chi connectivity index (χ3v) is 4.64. The first kappa shape index (κ1) is 15.8. The summed E-state index contributed by atoms with van der Waals surface area (Å²) in [4.78, 5) is 15.3. The Bertz CT molecular complexity index is 894. The molecular formula is C16H12Br2N4O. The van der Waals surface area contributed by atoms with Crippen LogP contribution >= 0.6 is 31.9 Å². The van der Waals surface area contributed by atoms with Gasteiger partial charge in [-0.2, -0.15) is 5.10 Å². The number of halogens is 2. The summed E-state index contributed by atoms with van der Waals surface area (Å²) < 4.78 is 1.30. The first-order valence-electron chi connectivity index (χ1n) is 6.70. The van der Waals surface area contributed by atoms with Gasteiger partial charge in [-0.1, -0.05) is 18.2 Å². The van der Waals surface area contributed by atoms with Crippen molar-refractivity contribution in [3.05, 3.63) is 62.7 Å². The average Bonchev–Trinajstić information content (AvgIpc) is 2.95. The Kier molecular flexibility index (Phi) is 4.49. The number of aromatic amines is 1. The Labute approximate surface area is 149 Å². The molecular weight excluding hydrogens is 424 g/mol. The van der Waals surface area contributed by atoms with Crippen molar-refractivity contribution in [2.75, 3.05) is 5.73 Å². The highest BCUT2D eigenvalue weighted by atomic mass is 79.9. The number of hydrogen-bond donors (Lipinski definition) is 3. The Morgan fingerprint density at radius 2 is 1.91 bits per heavy atom. The third-order valence-electron chi connectivity index (χ3n) is 3.33. The maximum Gasteiger partial charge on any atom is 0.271 e. The molecule has 3 rings (SSSR count). The van der Waals surface area contributed by atoms with Gasteiger partial charge in [0.05, 0.1) is 11.9 Å². The quantitative estimate of drug-likeness (QED) is 0.329. The molecule has 0 atom stereocenters. The number of hydrazone groups is 1. The number of aromatic nitrogens is 1. The molecule has 23 heavy (non-hydrogen) atoms. The summed E-state index contributed by atoms with van der Waals surface area (Å²) in [6, 6.07) is 11.2. The molecule has 1 aromatic heterocycles. The second-order valence-electron chi connectivity index (χ2n) is 4.84. The van der Waals surface area contributed by atoms with Gasteiger partial charge in [0.2, 0.25) is 0 Å². The Morgan fingerprint density at radius 1 is 1.22 bits per heavy atom. The van der Waals surface area contributed by atoms with Crippen molar-refractivity contribution < 1.29 is 4.79 Å². The predicted octanol–water partition coefficient (Wildman–Crippen LogP) is 4.04. The molecule has 1 heterocycles. The van der Waals surface area contributed by atoms with Crippen molar-refractivity contribution >= 4 is 60.6 Å². The van der Waals surface area contributed by atoms with Gasteiger partial charge in [0.1, 0.15) is 0 Å². The Hall–Kier alpha value is -2.12. The van der Waals surface area contributed by atoms with E-state index in [1.54, 1.807) is 18.3 Å². The zero-order chi connectivity index (χ0) is 16.4. The predicted molar refractivity (Wildman–Crippen MR) is 99.6 cm³/mol. The molecule has 0 saturated heterocycles. The monoisotopic (exact) mass is 434 g/mol. The topological polar surface area (TPSA) is 83.3 Å². The van der Waals surface area contributed by atoms with Gasteiger partial charge in [0.15, 0.2) is 0 Å². The highest BCUT2D eigenvalue weighted by Crippen LogP contribution is 2.29. The van der Waals surface area contributed by atoms with E-state index in [-0.39, 0.29) is 5.91 Å². The van der Waals surface area contributed by atoms with Gasteiger partial charge in [0, 0.05) is 37.2 Å². The number of H-pyrrole nitrogens is 1. The molecule has 0 spiro atoms. The lowest BCUT2D eigenvalue weighted by molar-refractivity contribution is 0.0955. The number of anilines is 1. The summed E-state index contributed by atoms with van der Waals surface area (Å²) in [6.07, 6.45) is 3.45. The van der Waals surface area contributed by atoms with Crippen LogP contribution in [-0.4, -0.2) is 17.1 Å². The van der Waals surface area contributed by atoms with Crippen LogP contribution in [-0.2, 0) is 0 Å². The summed E-state index contributed by atoms with van der Waals surface area (Å²) in [5, 5.41) is 5.06. The summed E-state index contributed by atoms with van der Waals surface area (Å²) in [7, 11) is 0. The number of amides is 1. The van der Waals surface area contributed by atoms with Crippen LogP contribution in [0, 0.1) is 0 Å². The van der Waals surface area contributed by atoms with Crippen LogP contribution in [0.5, 0.6) is 0 Å². The molecule has 5 nitrogen and oxygen atoms in total. The molecule has 0 aliphatic heterocycles. The third kappa shape index (κ3) is 3.30. The summed E-state index contributed by atoms with van der Waals surface area (Å²) in [5.41, 5.74) is 11.2. The maximum absolute atomic E-state index is 12.1. The largest absolute Gasteiger partial charge is 0.397 e. The lowest BCUT2D eigenvalue weighted by Gasteiger charge is -2.05. The van der Waals surface area contributed by atoms with Gasteiger partial charge in [-0.3, -0.25) is 4.79 Å². The summed E-state index contributed by atoms with van der Waals surface area (Å²) in [5.74, 6) is -0.317. The molecule has 1 amide bonds. The number of nitrogens with two attached hydrogens (primary N) is 1. The van der Waals surface area contributed by atoms with E-state index < -0.39 is 0 Å². The van der Waals surface area contributed by atoms with E-state index in [4.69, 9.17) is 5.73 Å². The van der Waals surface area contributed by atoms with Crippen LogP contribution in [0.15, 0.2) is 56.6 Å². The van der Waals surface area contributed by atoms with Gasteiger partial charge in [0.25, 0.3) is 5.91 Å². The van der Waals surface area contributed by atoms with E-state index in [1.165, 1.54) is 0 Å². The number of carbonyl (C=O) groups is 1. The van der Waals surface area contributed by atoms with Crippen molar-refractivity contribution in [1.82, 2.24) is 10.4 Å². The number of benzene rings is 2. The fraction of sp³-hybridized carbons (Fsp3) is 0. The van der Waals surface area contributed by atoms with E-state index in [1.807, 2.05) is 30.5 Å². The van der Waals surface area contributed by atoms with Crippen molar-refractivity contribution in [2.24, 2.45) is 5.10 Å². The van der Waals surface area contributed by atoms with E-state index >= 15 is 0 Å². The van der Waals surface area contributed by atoms with Crippen LogP contribution in [0.25, 0.3) is 10.9 Å². The SMILES string of the molecule is Nc1c(Br)cc(C(=O)N/N=C/c2c[nH]c3ccccc23)cc1Br. The smallest absolute Gasteiger partial charge is 0.271 e. The molecule has 0 fully saturated rings. The number of nitrogen functional groups attached to an aromatic ring is 1. The molecule has 0 saturated carbocycles. The molecule has 0 aliphatic carbocycles. The number of nitrogens with zero attached hydrogens (tertiary/aromatic N) is 1. The second-order valence-corrected chi connectivity index (χ2v) is 6.55. The van der Waals surface area contributed by atoms with Gasteiger partial charge in [-0.05, 0) is 50.1 Å². The molecule has 0 aliphatic rings. The molecule has 116 valence electrons. The van der Waals surface area contributed by atoms with E-state index in [0.717, 1.165) is 16.5 Å². The highest BCUT2D eigenvalue weighted by molar-refractivity contribution is 9.11. The van der Waals surface area contributed by atoms with Crippen LogP contribution in [0.1, 0.15) is 15.9 Å². The zero-order valence-electron chi connectivity index (χ0n) is 11.8. The molecule has 0 radical (unpaired) electrons. The molecule has 3 aromatic rings. The van der Waals surface area contributed by atoms with Crippen LogP contribution in [0.2, 0.25) is 0 Å². The Balaban J connectivity index is 1.76. The van der Waals surface area contributed by atoms with Crippen molar-refractivity contribution in [1.29, 1.82) is 0 Å². The summed E-state index contributed by atoms with van der Waals surface area (Å²) in [6.45, 7) is 0. The van der Waals surface area contributed by atoms with E-state index in [9.17, 15) is 4.79 Å². The molecule has 0 bridgehead atoms. The van der Waals surface area contributed by atoms with Gasteiger partial charge in [-0.15, -0.1) is 0 Å². The lowest BCUT2D eigenvalue weighted by atomic mass is 10.2. The average molecular weight is 436 g/mol. The van der Waals surface area contributed by atoms with Crippen LogP contribution < -0.4 is 11.2 Å². The van der Waals surface area contributed by atoms with Gasteiger partial charge in [-0.25, -0.2) is 5.43 Å². The Morgan fingerprint density at radius 3 is 2.65 bits per heavy atom. The van der Waals surface area contributed by atoms with E-state index in [0.29, 0.717) is 20.2 Å². The van der Waals surface area contributed by atoms with Gasteiger partial charge < -0.3 is 10.7 Å². The highest BCUT2D eigenvalue weighted by Gasteiger charge is 2.10. The lowest BCUT2D eigenvalue weighted by Crippen LogP contribution is -2.17. The molecule has 4 N–H and O–H groups in total. The number of hydrogen-bond acceptors (Lipinski definition) is 3. The van der Waals surface area contributed by atoms with Crippen LogP contribution in [0.4, 0.5) is 5.69 Å². The summed E-state index contributed by atoms with van der Waals surface area (Å²) >= 11 is 6.63. The first-order valence-corrected chi connectivity index (χ1v) is 8.29. The van der Waals surface area contributed by atoms with Crippen LogP contribution in [0.3, 0.4) is 0 Å². The van der Waals surface area contributed by atoms with Gasteiger partial charge >= 0.3 is 0 Å². The number of para-hydroxylation sites is 1. The van der Waals surface area contributed by atoms with Crippen molar-refractivity contribution in [3.8, 4) is 0 Å².